The van der Waals surface area contributed by atoms with E-state index in [4.69, 9.17) is 5.11 Å². The molecule has 0 bridgehead atoms. The number of hydrogen-bond donors (Lipinski definition) is 2. The van der Waals surface area contributed by atoms with Crippen LogP contribution in [0, 0.1) is 0 Å². The number of nitrogens with one attached hydrogen (secondary N) is 1. The van der Waals surface area contributed by atoms with Gasteiger partial charge in [0, 0.05) is 31.6 Å². The lowest BCUT2D eigenvalue weighted by atomic mass is 10.1. The number of rotatable bonds is 8. The fraction of sp³-hybridized carbons (Fsp3) is 0.333. The third-order valence-electron chi connectivity index (χ3n) is 5.60. The van der Waals surface area contributed by atoms with Crippen LogP contribution in [0.25, 0.3) is 22.6 Å². The number of nitrogens with zero attached hydrogens (tertiary/aromatic N) is 7. The summed E-state index contributed by atoms with van der Waals surface area (Å²) < 4.78 is 80.6. The van der Waals surface area contributed by atoms with E-state index in [1.165, 1.54) is 12.3 Å². The third kappa shape index (κ3) is 6.30. The number of anilines is 3. The van der Waals surface area contributed by atoms with Gasteiger partial charge in [0.05, 0.1) is 23.0 Å². The second-order valence-electron chi connectivity index (χ2n) is 8.67. The Kier molecular flexibility index (Phi) is 7.81. The van der Waals surface area contributed by atoms with Gasteiger partial charge in [0.2, 0.25) is 0 Å². The third-order valence-corrected chi connectivity index (χ3v) is 5.60. The van der Waals surface area contributed by atoms with Crippen LogP contribution in [0.5, 0.6) is 0 Å². The Morgan fingerprint density at radius 3 is 2.33 bits per heavy atom. The lowest BCUT2D eigenvalue weighted by Gasteiger charge is -2.28. The number of fused-ring (bicyclic) bond motifs is 1. The summed E-state index contributed by atoms with van der Waals surface area (Å²) in [5, 5.41) is 19.8. The van der Waals surface area contributed by atoms with Crippen LogP contribution in [0.4, 0.5) is 43.7 Å². The molecule has 0 spiro atoms. The van der Waals surface area contributed by atoms with Gasteiger partial charge in [0.15, 0.2) is 11.5 Å². The highest BCUT2D eigenvalue weighted by molar-refractivity contribution is 5.87. The molecule has 0 aromatic carbocycles. The predicted octanol–water partition coefficient (Wildman–Crippen LogP) is 5.26. The van der Waals surface area contributed by atoms with Gasteiger partial charge in [0.25, 0.3) is 0 Å². The Morgan fingerprint density at radius 1 is 0.949 bits per heavy atom. The van der Waals surface area contributed by atoms with Crippen molar-refractivity contribution in [2.24, 2.45) is 0 Å². The number of aliphatic hydroxyl groups excluding tert-OH is 1. The lowest BCUT2D eigenvalue weighted by Crippen LogP contribution is -2.33. The molecule has 4 heterocycles. The number of aromatic nitrogens is 6. The van der Waals surface area contributed by atoms with Crippen molar-refractivity contribution < 1.29 is 31.4 Å². The topological polar surface area (TPSA) is 113 Å². The molecule has 0 saturated heterocycles. The van der Waals surface area contributed by atoms with Crippen LogP contribution < -0.4 is 10.2 Å². The predicted molar refractivity (Wildman–Crippen MR) is 130 cm³/mol. The molecule has 0 saturated carbocycles. The van der Waals surface area contributed by atoms with E-state index in [2.05, 4.69) is 35.5 Å². The summed E-state index contributed by atoms with van der Waals surface area (Å²) in [4.78, 5) is 17.8. The van der Waals surface area contributed by atoms with E-state index >= 15 is 0 Å². The first kappa shape index (κ1) is 27.9. The first-order valence-electron chi connectivity index (χ1n) is 11.6. The van der Waals surface area contributed by atoms with Gasteiger partial charge in [-0.15, -0.1) is 10.2 Å². The molecule has 9 nitrogen and oxygen atoms in total. The van der Waals surface area contributed by atoms with Crippen molar-refractivity contribution in [2.75, 3.05) is 23.4 Å². The zero-order chi connectivity index (χ0) is 28.4. The monoisotopic (exact) mass is 552 g/mol. The Balaban J connectivity index is 1.70. The van der Waals surface area contributed by atoms with Crippen LogP contribution in [-0.2, 0) is 12.4 Å². The summed E-state index contributed by atoms with van der Waals surface area (Å²) >= 11 is 0. The van der Waals surface area contributed by atoms with Gasteiger partial charge in [-0.05, 0) is 44.5 Å². The fourth-order valence-electron chi connectivity index (χ4n) is 3.71. The van der Waals surface area contributed by atoms with E-state index in [9.17, 15) is 26.3 Å². The number of aliphatic hydroxyl groups is 1. The van der Waals surface area contributed by atoms with E-state index in [1.54, 1.807) is 18.7 Å². The van der Waals surface area contributed by atoms with E-state index < -0.39 is 29.2 Å². The number of hydrogen-bond acceptors (Lipinski definition) is 9. The van der Waals surface area contributed by atoms with Crippen molar-refractivity contribution in [2.45, 2.75) is 38.7 Å². The zero-order valence-corrected chi connectivity index (χ0v) is 20.6. The molecule has 0 fully saturated rings. The van der Waals surface area contributed by atoms with Gasteiger partial charge in [-0.1, -0.05) is 0 Å². The van der Waals surface area contributed by atoms with Crippen LogP contribution in [-0.4, -0.2) is 54.4 Å². The molecule has 0 amide bonds. The maximum atomic E-state index is 14.1. The largest absolute Gasteiger partial charge is 0.418 e. The molecule has 0 aliphatic heterocycles. The molecular weight excluding hydrogens is 530 g/mol. The van der Waals surface area contributed by atoms with Gasteiger partial charge < -0.3 is 15.3 Å². The second kappa shape index (κ2) is 10.9. The molecule has 39 heavy (non-hydrogen) atoms. The first-order chi connectivity index (χ1) is 18.4. The average Bonchev–Trinajstić information content (AvgIpc) is 2.88. The molecule has 4 aromatic rings. The van der Waals surface area contributed by atoms with Crippen LogP contribution in [0.2, 0.25) is 0 Å². The SMILES string of the molecule is CC(C)N(CCCO)c1cc(C(F)(F)F)c(-c2cnc3c(Nc4ccc(C(F)(F)F)cn4)ccnc3n2)nn1. The minimum absolute atomic E-state index is 0.00285. The second-order valence-corrected chi connectivity index (χ2v) is 8.67. The molecule has 0 aliphatic carbocycles. The molecular formula is C24H22F6N8O. The first-order valence-corrected chi connectivity index (χ1v) is 11.6. The molecule has 4 aromatic heterocycles. The van der Waals surface area contributed by atoms with Gasteiger partial charge in [-0.25, -0.2) is 19.9 Å². The van der Waals surface area contributed by atoms with Crippen LogP contribution >= 0.6 is 0 Å². The highest BCUT2D eigenvalue weighted by Gasteiger charge is 2.37. The molecule has 0 atom stereocenters. The quantitative estimate of drug-likeness (QED) is 0.283. The van der Waals surface area contributed by atoms with E-state index in [1.807, 2.05) is 0 Å². The normalized spacial score (nSPS) is 12.3. The van der Waals surface area contributed by atoms with Gasteiger partial charge in [-0.3, -0.25) is 0 Å². The van der Waals surface area contributed by atoms with Crippen molar-refractivity contribution >= 4 is 28.5 Å². The number of pyridine rings is 2. The van der Waals surface area contributed by atoms with Crippen LogP contribution in [0.3, 0.4) is 0 Å². The Bertz CT molecular complexity index is 1440. The highest BCUT2D eigenvalue weighted by Crippen LogP contribution is 2.37. The summed E-state index contributed by atoms with van der Waals surface area (Å²) in [6, 6.07) is 4.14. The number of halogens is 6. The van der Waals surface area contributed by atoms with Crippen molar-refractivity contribution in [1.29, 1.82) is 0 Å². The van der Waals surface area contributed by atoms with Crippen molar-refractivity contribution in [3.05, 3.63) is 54.0 Å². The van der Waals surface area contributed by atoms with Crippen LogP contribution in [0.15, 0.2) is 42.9 Å². The minimum Gasteiger partial charge on any atom is -0.396 e. The summed E-state index contributed by atoms with van der Waals surface area (Å²) in [6.45, 7) is 3.72. The van der Waals surface area contributed by atoms with Crippen LogP contribution in [0.1, 0.15) is 31.4 Å². The molecule has 2 N–H and O–H groups in total. The smallest absolute Gasteiger partial charge is 0.396 e. The molecule has 206 valence electrons. The Hall–Kier alpha value is -4.14. The summed E-state index contributed by atoms with van der Waals surface area (Å²) in [5.74, 6) is 0.0787. The van der Waals surface area contributed by atoms with Crippen molar-refractivity contribution in [3.63, 3.8) is 0 Å². The fourth-order valence-corrected chi connectivity index (χ4v) is 3.71. The van der Waals surface area contributed by atoms with E-state index in [0.29, 0.717) is 12.6 Å². The lowest BCUT2D eigenvalue weighted by molar-refractivity contribution is -0.138. The van der Waals surface area contributed by atoms with Gasteiger partial charge in [-0.2, -0.15) is 26.3 Å². The van der Waals surface area contributed by atoms with Crippen molar-refractivity contribution in [3.8, 4) is 11.4 Å². The van der Waals surface area contributed by atoms with E-state index in [-0.39, 0.29) is 53.4 Å². The Labute approximate surface area is 218 Å². The maximum absolute atomic E-state index is 14.1. The molecule has 0 radical (unpaired) electrons. The molecule has 0 unspecified atom stereocenters. The maximum Gasteiger partial charge on any atom is 0.418 e. The van der Waals surface area contributed by atoms with Gasteiger partial charge >= 0.3 is 12.4 Å². The standard InChI is InChI=1S/C24H22F6N8O/c1-13(2)38(8-3-9-39)19-10-15(24(28,29)30)20(37-36-19)17-12-33-21-16(6-7-31-22(21)35-17)34-18-5-4-14(11-32-18)23(25,26)27/h4-7,10-13,39H,3,8-9H2,1-2H3,(H,31,32,34,35). The minimum atomic E-state index is -4.79. The molecule has 15 heteroatoms. The zero-order valence-electron chi connectivity index (χ0n) is 20.6. The summed E-state index contributed by atoms with van der Waals surface area (Å²) in [7, 11) is 0. The average molecular weight is 552 g/mol. The number of alkyl halides is 6. The Morgan fingerprint density at radius 2 is 1.72 bits per heavy atom. The van der Waals surface area contributed by atoms with Gasteiger partial charge in [0.1, 0.15) is 22.7 Å². The van der Waals surface area contributed by atoms with Crippen molar-refractivity contribution in [1.82, 2.24) is 30.1 Å². The molecule has 4 rings (SSSR count). The summed E-state index contributed by atoms with van der Waals surface area (Å²) in [6.07, 6.45) is -5.93. The molecule has 0 aliphatic rings. The van der Waals surface area contributed by atoms with E-state index in [0.717, 1.165) is 24.4 Å². The summed E-state index contributed by atoms with van der Waals surface area (Å²) in [5.41, 5.74) is -2.37. The highest BCUT2D eigenvalue weighted by atomic mass is 19.4.